The van der Waals surface area contributed by atoms with E-state index in [-0.39, 0.29) is 0 Å². The minimum Gasteiger partial charge on any atom is -0.309 e. The van der Waals surface area contributed by atoms with Crippen molar-refractivity contribution in [3.05, 3.63) is 231 Å². The van der Waals surface area contributed by atoms with Crippen LogP contribution in [0.1, 0.15) is 0 Å². The smallest absolute Gasteiger partial charge is 0.0547 e. The monoisotopic (exact) mass is 814 g/mol. The van der Waals surface area contributed by atoms with E-state index in [4.69, 9.17) is 0 Å². The van der Waals surface area contributed by atoms with E-state index in [1.807, 2.05) is 0 Å². The summed E-state index contributed by atoms with van der Waals surface area (Å²) < 4.78 is 9.70. The van der Waals surface area contributed by atoms with E-state index in [1.165, 1.54) is 98.4 Å². The summed E-state index contributed by atoms with van der Waals surface area (Å²) in [5.41, 5.74) is 16.6. The Balaban J connectivity index is 0.998. The Labute approximate surface area is 368 Å². The van der Waals surface area contributed by atoms with Crippen LogP contribution in [0.15, 0.2) is 231 Å². The van der Waals surface area contributed by atoms with Crippen molar-refractivity contribution in [2.45, 2.75) is 0 Å². The molecule has 64 heavy (non-hydrogen) atoms. The summed E-state index contributed by atoms with van der Waals surface area (Å²) >= 11 is 0. The number of hydrogen-bond donors (Lipinski definition) is 0. The van der Waals surface area contributed by atoms with E-state index in [0.29, 0.717) is 0 Å². The minimum atomic E-state index is 1.14. The lowest BCUT2D eigenvalue weighted by atomic mass is 9.95. The molecule has 4 heteroatoms. The first kappa shape index (κ1) is 35.0. The molecule has 0 radical (unpaired) electrons. The standard InChI is InChI=1S/C60H38N4/c1-3-17-39(18-4-1)61-51-27-11-7-21-43(51)49-37-41(33-35-55(49)61)63-53-29-13-9-23-47(53)59-45(25-15-31-57(59)63)46-26-16-32-58-60(46)48-24-10-14-30-54(48)64(58)42-34-36-56-50(38-42)44-22-8-12-28-52(44)62(56)40-19-5-2-6-20-40/h1-38H. The van der Waals surface area contributed by atoms with Crippen molar-refractivity contribution in [2.75, 3.05) is 0 Å². The van der Waals surface area contributed by atoms with Crippen molar-refractivity contribution in [2.24, 2.45) is 0 Å². The highest BCUT2D eigenvalue weighted by atomic mass is 15.0. The second-order valence-corrected chi connectivity index (χ2v) is 16.9. The van der Waals surface area contributed by atoms with E-state index >= 15 is 0 Å². The highest BCUT2D eigenvalue weighted by Crippen LogP contribution is 2.45. The van der Waals surface area contributed by atoms with Gasteiger partial charge in [-0.2, -0.15) is 0 Å². The molecule has 14 rings (SSSR count). The second kappa shape index (κ2) is 13.4. The zero-order valence-corrected chi connectivity index (χ0v) is 34.7. The molecule has 0 bridgehead atoms. The second-order valence-electron chi connectivity index (χ2n) is 16.9. The number of benzene rings is 10. The Kier molecular flexibility index (Phi) is 7.36. The lowest BCUT2D eigenvalue weighted by molar-refractivity contribution is 1.16. The molecule has 4 nitrogen and oxygen atoms in total. The van der Waals surface area contributed by atoms with Crippen LogP contribution in [0.5, 0.6) is 0 Å². The van der Waals surface area contributed by atoms with Gasteiger partial charge >= 0.3 is 0 Å². The predicted molar refractivity (Wildman–Crippen MR) is 269 cm³/mol. The molecule has 0 aliphatic heterocycles. The molecule has 0 unspecified atom stereocenters. The summed E-state index contributed by atoms with van der Waals surface area (Å²) in [5, 5.41) is 9.94. The summed E-state index contributed by atoms with van der Waals surface area (Å²) in [6, 6.07) is 84.4. The Morgan fingerprint density at radius 1 is 0.188 bits per heavy atom. The van der Waals surface area contributed by atoms with Gasteiger partial charge < -0.3 is 18.3 Å². The molecule has 0 saturated carbocycles. The molecular weight excluding hydrogens is 777 g/mol. The molecule has 4 heterocycles. The van der Waals surface area contributed by atoms with Gasteiger partial charge in [0.25, 0.3) is 0 Å². The normalized spacial score (nSPS) is 12.1. The van der Waals surface area contributed by atoms with Gasteiger partial charge in [-0.05, 0) is 108 Å². The molecule has 0 spiro atoms. The van der Waals surface area contributed by atoms with E-state index in [2.05, 4.69) is 249 Å². The van der Waals surface area contributed by atoms with Gasteiger partial charge in [-0.1, -0.05) is 133 Å². The first-order valence-electron chi connectivity index (χ1n) is 22.0. The minimum absolute atomic E-state index is 1.14. The third kappa shape index (κ3) is 4.88. The van der Waals surface area contributed by atoms with E-state index in [1.54, 1.807) is 0 Å². The fourth-order valence-electron chi connectivity index (χ4n) is 11.0. The first-order chi connectivity index (χ1) is 31.8. The van der Waals surface area contributed by atoms with Crippen molar-refractivity contribution in [1.82, 2.24) is 18.3 Å². The Morgan fingerprint density at radius 3 is 0.922 bits per heavy atom. The highest BCUT2D eigenvalue weighted by molar-refractivity contribution is 6.23. The number of nitrogens with zero attached hydrogens (tertiary/aromatic N) is 4. The topological polar surface area (TPSA) is 19.7 Å². The van der Waals surface area contributed by atoms with Crippen LogP contribution in [0.25, 0.3) is 121 Å². The van der Waals surface area contributed by atoms with Gasteiger partial charge in [0.15, 0.2) is 0 Å². The molecular formula is C60H38N4. The zero-order valence-electron chi connectivity index (χ0n) is 34.7. The molecule has 298 valence electrons. The molecule has 4 aromatic heterocycles. The lowest BCUT2D eigenvalue weighted by Gasteiger charge is -2.12. The summed E-state index contributed by atoms with van der Waals surface area (Å²) in [5.74, 6) is 0. The number of para-hydroxylation sites is 6. The summed E-state index contributed by atoms with van der Waals surface area (Å²) in [6.45, 7) is 0. The van der Waals surface area contributed by atoms with E-state index in [9.17, 15) is 0 Å². The summed E-state index contributed by atoms with van der Waals surface area (Å²) in [7, 11) is 0. The van der Waals surface area contributed by atoms with Gasteiger partial charge in [-0.3, -0.25) is 0 Å². The Bertz CT molecular complexity index is 3910. The fourth-order valence-corrected chi connectivity index (χ4v) is 11.0. The number of fused-ring (bicyclic) bond motifs is 12. The molecule has 10 aromatic carbocycles. The number of rotatable bonds is 5. The van der Waals surface area contributed by atoms with Crippen LogP contribution in [-0.4, -0.2) is 18.3 Å². The first-order valence-corrected chi connectivity index (χ1v) is 22.0. The Hall–Kier alpha value is -8.60. The Morgan fingerprint density at radius 2 is 0.500 bits per heavy atom. The van der Waals surface area contributed by atoms with Crippen LogP contribution >= 0.6 is 0 Å². The van der Waals surface area contributed by atoms with Gasteiger partial charge in [0.2, 0.25) is 0 Å². The highest BCUT2D eigenvalue weighted by Gasteiger charge is 2.22. The van der Waals surface area contributed by atoms with Crippen molar-refractivity contribution in [1.29, 1.82) is 0 Å². The summed E-state index contributed by atoms with van der Waals surface area (Å²) in [6.07, 6.45) is 0. The van der Waals surface area contributed by atoms with Crippen molar-refractivity contribution < 1.29 is 0 Å². The van der Waals surface area contributed by atoms with Crippen LogP contribution in [0.3, 0.4) is 0 Å². The maximum atomic E-state index is 2.47. The molecule has 0 fully saturated rings. The van der Waals surface area contributed by atoms with Crippen molar-refractivity contribution in [3.63, 3.8) is 0 Å². The van der Waals surface area contributed by atoms with Crippen LogP contribution < -0.4 is 0 Å². The SMILES string of the molecule is c1ccc(-n2c3ccccc3c3cc(-n4c5ccccc5c5c(-c6cccc7c6c6ccccc6n7-c6ccc7c(c6)c6ccccc6n7-c6ccccc6)cccc54)ccc32)cc1. The average Bonchev–Trinajstić information content (AvgIpc) is 4.09. The largest absolute Gasteiger partial charge is 0.309 e. The molecule has 0 aliphatic rings. The van der Waals surface area contributed by atoms with Gasteiger partial charge in [0.05, 0.1) is 44.1 Å². The van der Waals surface area contributed by atoms with Crippen molar-refractivity contribution >= 4 is 87.2 Å². The van der Waals surface area contributed by atoms with Gasteiger partial charge in [-0.25, -0.2) is 0 Å². The number of aromatic nitrogens is 4. The maximum absolute atomic E-state index is 2.47. The molecule has 0 aliphatic carbocycles. The van der Waals surface area contributed by atoms with E-state index < -0.39 is 0 Å². The molecule has 0 amide bonds. The van der Waals surface area contributed by atoms with Crippen LogP contribution in [0, 0.1) is 0 Å². The lowest BCUT2D eigenvalue weighted by Crippen LogP contribution is -1.96. The predicted octanol–water partition coefficient (Wildman–Crippen LogP) is 15.7. The molecule has 14 aromatic rings. The van der Waals surface area contributed by atoms with Crippen LogP contribution in [-0.2, 0) is 0 Å². The quantitative estimate of drug-likeness (QED) is 0.165. The maximum Gasteiger partial charge on any atom is 0.0547 e. The van der Waals surface area contributed by atoms with Gasteiger partial charge in [-0.15, -0.1) is 0 Å². The third-order valence-corrected chi connectivity index (χ3v) is 13.5. The molecule has 0 atom stereocenters. The van der Waals surface area contributed by atoms with Crippen molar-refractivity contribution in [3.8, 4) is 33.9 Å². The van der Waals surface area contributed by atoms with Gasteiger partial charge in [0.1, 0.15) is 0 Å². The van der Waals surface area contributed by atoms with Crippen LogP contribution in [0.2, 0.25) is 0 Å². The fraction of sp³-hybridized carbons (Fsp3) is 0. The molecule has 0 saturated heterocycles. The number of hydrogen-bond acceptors (Lipinski definition) is 0. The zero-order chi connectivity index (χ0) is 41.9. The van der Waals surface area contributed by atoms with E-state index in [0.717, 1.165) is 22.7 Å². The van der Waals surface area contributed by atoms with Crippen LogP contribution in [0.4, 0.5) is 0 Å². The summed E-state index contributed by atoms with van der Waals surface area (Å²) in [4.78, 5) is 0. The molecule has 0 N–H and O–H groups in total. The average molecular weight is 815 g/mol. The van der Waals surface area contributed by atoms with Gasteiger partial charge in [0, 0.05) is 65.8 Å². The third-order valence-electron chi connectivity index (χ3n) is 13.5.